The largest absolute Gasteiger partial charge is 0.384 e. The van der Waals surface area contributed by atoms with Crippen molar-refractivity contribution in [1.29, 1.82) is 5.26 Å². The highest BCUT2D eigenvalue weighted by Gasteiger charge is 2.45. The Kier molecular flexibility index (Phi) is 7.85. The molecular weight excluding hydrogens is 529 g/mol. The number of nitrogens with zero attached hydrogens (tertiary/aromatic N) is 2. The molecule has 1 aliphatic heterocycles. The van der Waals surface area contributed by atoms with E-state index in [1.807, 2.05) is 30.0 Å². The number of hydrogen-bond donors (Lipinski definition) is 1. The third-order valence-corrected chi connectivity index (χ3v) is 9.30. The van der Waals surface area contributed by atoms with Gasteiger partial charge in [0.15, 0.2) is 5.78 Å². The number of ketones is 1. The number of halogens is 1. The third kappa shape index (κ3) is 5.44. The first-order chi connectivity index (χ1) is 19.5. The Bertz CT molecular complexity index is 1630. The number of thioether (sulfide) groups is 1. The monoisotopic (exact) mass is 565 g/mol. The first-order valence-electron chi connectivity index (χ1n) is 14.1. The number of carbonyl (C=O) groups is 1. The predicted molar refractivity (Wildman–Crippen MR) is 165 cm³/mol. The first kappa shape index (κ1) is 28.7. The molecule has 1 unspecified atom stereocenters. The zero-order chi connectivity index (χ0) is 29.5. The van der Waals surface area contributed by atoms with Gasteiger partial charge in [-0.05, 0) is 90.3 Å². The summed E-state index contributed by atoms with van der Waals surface area (Å²) < 4.78 is 13.4. The van der Waals surface area contributed by atoms with Crippen LogP contribution < -0.4 is 10.6 Å². The summed E-state index contributed by atoms with van der Waals surface area (Å²) in [5, 5.41) is 10.6. The summed E-state index contributed by atoms with van der Waals surface area (Å²) in [6, 6.07) is 21.3. The number of Topliss-reactive ketones (excluding diaryl/α,β-unsaturated/α-hetero) is 1. The van der Waals surface area contributed by atoms with Crippen molar-refractivity contribution >= 4 is 23.2 Å². The highest BCUT2D eigenvalue weighted by molar-refractivity contribution is 7.98. The normalized spacial score (nSPS) is 18.4. The second-order valence-electron chi connectivity index (χ2n) is 11.8. The van der Waals surface area contributed by atoms with E-state index >= 15 is 0 Å². The number of rotatable bonds is 6. The Labute approximate surface area is 246 Å². The summed E-state index contributed by atoms with van der Waals surface area (Å²) in [6.45, 7) is 10.5. The lowest BCUT2D eigenvalue weighted by Crippen LogP contribution is -2.42. The SMILES string of the molecule is CCc1ccccc1N1C(N)=C(C#N)C(c2cc(CSc3ccc(F)cc3)c(C)cc2C)C2=C1CC(C)(C)CC2=O. The van der Waals surface area contributed by atoms with Gasteiger partial charge in [0, 0.05) is 28.3 Å². The number of carbonyl (C=O) groups excluding carboxylic acids is 1. The summed E-state index contributed by atoms with van der Waals surface area (Å²) in [5.74, 6) is 0.363. The van der Waals surface area contributed by atoms with Crippen LogP contribution in [0.2, 0.25) is 0 Å². The number of anilines is 1. The second kappa shape index (κ2) is 11.2. The van der Waals surface area contributed by atoms with Crippen LogP contribution in [0.15, 0.2) is 88.2 Å². The molecule has 5 rings (SSSR count). The molecule has 0 bridgehead atoms. The van der Waals surface area contributed by atoms with Crippen LogP contribution in [0, 0.1) is 36.4 Å². The summed E-state index contributed by atoms with van der Waals surface area (Å²) in [6.07, 6.45) is 1.90. The Morgan fingerprint density at radius 3 is 2.44 bits per heavy atom. The molecule has 6 heteroatoms. The molecule has 0 amide bonds. The van der Waals surface area contributed by atoms with Crippen molar-refractivity contribution in [2.24, 2.45) is 11.1 Å². The number of aryl methyl sites for hydroxylation is 3. The van der Waals surface area contributed by atoms with Gasteiger partial charge in [-0.3, -0.25) is 9.69 Å². The average molecular weight is 566 g/mol. The van der Waals surface area contributed by atoms with Crippen LogP contribution >= 0.6 is 11.8 Å². The average Bonchev–Trinajstić information content (AvgIpc) is 2.92. The van der Waals surface area contributed by atoms with Gasteiger partial charge in [-0.15, -0.1) is 11.8 Å². The van der Waals surface area contributed by atoms with E-state index in [0.29, 0.717) is 35.6 Å². The minimum absolute atomic E-state index is 0.0719. The molecule has 3 aromatic rings. The van der Waals surface area contributed by atoms with E-state index in [1.165, 1.54) is 12.1 Å². The van der Waals surface area contributed by atoms with Gasteiger partial charge in [0.2, 0.25) is 0 Å². The van der Waals surface area contributed by atoms with E-state index in [-0.39, 0.29) is 17.0 Å². The lowest BCUT2D eigenvalue weighted by molar-refractivity contribution is -0.118. The van der Waals surface area contributed by atoms with Crippen molar-refractivity contribution in [2.75, 3.05) is 4.90 Å². The molecule has 0 saturated carbocycles. The zero-order valence-electron chi connectivity index (χ0n) is 24.3. The standard InChI is InChI=1S/C35H36FN3OS/c1-6-23-9-7-8-10-29(23)39-30-17-35(4,5)18-31(40)33(30)32(28(19-37)34(39)38)27-16-24(21(2)15-22(27)3)20-41-26-13-11-25(36)12-14-26/h7-16,32H,6,17-18,20,38H2,1-5H3. The van der Waals surface area contributed by atoms with Gasteiger partial charge in [-0.1, -0.05) is 51.1 Å². The van der Waals surface area contributed by atoms with Crippen LogP contribution in [0.3, 0.4) is 0 Å². The van der Waals surface area contributed by atoms with Crippen molar-refractivity contribution in [3.63, 3.8) is 0 Å². The molecule has 1 heterocycles. The molecule has 2 aliphatic rings. The molecule has 41 heavy (non-hydrogen) atoms. The lowest BCUT2D eigenvalue weighted by atomic mass is 9.68. The third-order valence-electron chi connectivity index (χ3n) is 8.24. The van der Waals surface area contributed by atoms with E-state index < -0.39 is 5.92 Å². The van der Waals surface area contributed by atoms with Crippen molar-refractivity contribution < 1.29 is 9.18 Å². The first-order valence-corrected chi connectivity index (χ1v) is 15.1. The van der Waals surface area contributed by atoms with E-state index in [2.05, 4.69) is 52.0 Å². The fourth-order valence-electron chi connectivity index (χ4n) is 6.20. The van der Waals surface area contributed by atoms with Crippen molar-refractivity contribution in [2.45, 2.75) is 70.4 Å². The van der Waals surface area contributed by atoms with Crippen LogP contribution in [0.4, 0.5) is 10.1 Å². The highest BCUT2D eigenvalue weighted by Crippen LogP contribution is 2.51. The minimum Gasteiger partial charge on any atom is -0.384 e. The topological polar surface area (TPSA) is 70.1 Å². The Morgan fingerprint density at radius 2 is 1.76 bits per heavy atom. The molecule has 3 aromatic carbocycles. The molecule has 0 spiro atoms. The van der Waals surface area contributed by atoms with Crippen LogP contribution in [-0.4, -0.2) is 5.78 Å². The van der Waals surface area contributed by atoms with Gasteiger partial charge in [0.05, 0.1) is 23.2 Å². The molecule has 0 aromatic heterocycles. The highest BCUT2D eigenvalue weighted by atomic mass is 32.2. The molecule has 2 N–H and O–H groups in total. The summed E-state index contributed by atoms with van der Waals surface area (Å²) in [5.41, 5.74) is 14.9. The number of hydrogen-bond acceptors (Lipinski definition) is 5. The molecule has 4 nitrogen and oxygen atoms in total. The van der Waals surface area contributed by atoms with Crippen molar-refractivity contribution in [3.05, 3.63) is 117 Å². The van der Waals surface area contributed by atoms with Crippen molar-refractivity contribution in [3.8, 4) is 6.07 Å². The van der Waals surface area contributed by atoms with E-state index in [4.69, 9.17) is 5.73 Å². The number of nitriles is 1. The molecule has 1 aliphatic carbocycles. The van der Waals surface area contributed by atoms with Crippen molar-refractivity contribution in [1.82, 2.24) is 0 Å². The van der Waals surface area contributed by atoms with Gasteiger partial charge >= 0.3 is 0 Å². The van der Waals surface area contributed by atoms with Gasteiger partial charge < -0.3 is 5.73 Å². The maximum Gasteiger partial charge on any atom is 0.162 e. The number of para-hydroxylation sites is 1. The minimum atomic E-state index is -0.529. The van der Waals surface area contributed by atoms with E-state index in [1.54, 1.807) is 23.9 Å². The Morgan fingerprint density at radius 1 is 1.05 bits per heavy atom. The number of benzene rings is 3. The van der Waals surface area contributed by atoms with Crippen LogP contribution in [0.5, 0.6) is 0 Å². The molecule has 1 atom stereocenters. The van der Waals surface area contributed by atoms with Gasteiger partial charge in [0.25, 0.3) is 0 Å². The van der Waals surface area contributed by atoms with E-state index in [9.17, 15) is 14.4 Å². The molecule has 0 radical (unpaired) electrons. The maximum atomic E-state index is 14.0. The fourth-order valence-corrected chi connectivity index (χ4v) is 7.16. The van der Waals surface area contributed by atoms with Gasteiger partial charge in [0.1, 0.15) is 11.6 Å². The number of nitrogens with two attached hydrogens (primary N) is 1. The molecule has 0 fully saturated rings. The maximum absolute atomic E-state index is 14.0. The summed E-state index contributed by atoms with van der Waals surface area (Å²) in [7, 11) is 0. The molecule has 0 saturated heterocycles. The fraction of sp³-hybridized carbons (Fsp3) is 0.314. The van der Waals surface area contributed by atoms with Gasteiger partial charge in [-0.2, -0.15) is 5.26 Å². The smallest absolute Gasteiger partial charge is 0.162 e. The Hall–Kier alpha value is -3.82. The quantitative estimate of drug-likeness (QED) is 0.305. The Balaban J connectivity index is 1.67. The number of allylic oxidation sites excluding steroid dienone is 3. The lowest BCUT2D eigenvalue weighted by Gasteiger charge is -2.44. The van der Waals surface area contributed by atoms with Gasteiger partial charge in [-0.25, -0.2) is 4.39 Å². The zero-order valence-corrected chi connectivity index (χ0v) is 25.2. The summed E-state index contributed by atoms with van der Waals surface area (Å²) >= 11 is 1.63. The molecular formula is C35H36FN3OS. The van der Waals surface area contributed by atoms with Crippen LogP contribution in [0.25, 0.3) is 0 Å². The van der Waals surface area contributed by atoms with E-state index in [0.717, 1.165) is 50.5 Å². The van der Waals surface area contributed by atoms with Crippen LogP contribution in [-0.2, 0) is 17.0 Å². The summed E-state index contributed by atoms with van der Waals surface area (Å²) in [4.78, 5) is 17.0. The predicted octanol–water partition coefficient (Wildman–Crippen LogP) is 8.24. The molecule has 210 valence electrons. The van der Waals surface area contributed by atoms with Crippen LogP contribution in [0.1, 0.15) is 67.3 Å². The second-order valence-corrected chi connectivity index (χ2v) is 12.9.